The van der Waals surface area contributed by atoms with Crippen molar-refractivity contribution in [3.05, 3.63) is 0 Å². The first-order chi connectivity index (χ1) is 5.72. The van der Waals surface area contributed by atoms with E-state index in [-0.39, 0.29) is 6.04 Å². The molecule has 1 aliphatic rings. The number of piperidine rings is 1. The maximum absolute atomic E-state index is 11.9. The van der Waals surface area contributed by atoms with Crippen molar-refractivity contribution in [3.8, 4) is 0 Å². The van der Waals surface area contributed by atoms with Gasteiger partial charge >= 0.3 is 6.16 Å². The van der Waals surface area contributed by atoms with E-state index in [9.17, 15) is 9.18 Å². The van der Waals surface area contributed by atoms with Crippen molar-refractivity contribution in [1.29, 1.82) is 0 Å². The average molecular weight is 174 g/mol. The Hall–Kier alpha value is -0.640. The number of carbonyl (C=O) groups is 1. The van der Waals surface area contributed by atoms with Crippen molar-refractivity contribution in [1.82, 2.24) is 10.2 Å². The van der Waals surface area contributed by atoms with E-state index >= 15 is 0 Å². The van der Waals surface area contributed by atoms with Crippen molar-refractivity contribution in [2.75, 3.05) is 19.6 Å². The molecule has 1 aliphatic heterocycles. The van der Waals surface area contributed by atoms with Gasteiger partial charge in [-0.2, -0.15) is 0 Å². The fraction of sp³-hybridized carbons (Fsp3) is 0.875. The van der Waals surface area contributed by atoms with Gasteiger partial charge in [-0.3, -0.25) is 0 Å². The summed E-state index contributed by atoms with van der Waals surface area (Å²) in [6.07, 6.45) is 0.331. The maximum atomic E-state index is 11.9. The highest BCUT2D eigenvalue weighted by Crippen LogP contribution is 2.09. The van der Waals surface area contributed by atoms with E-state index < -0.39 is 6.16 Å². The summed E-state index contributed by atoms with van der Waals surface area (Å²) in [4.78, 5) is 12.4. The summed E-state index contributed by atoms with van der Waals surface area (Å²) in [5.74, 6) is 0. The molecule has 3 nitrogen and oxygen atoms in total. The number of rotatable bonds is 2. The molecule has 70 valence electrons. The fourth-order valence-electron chi connectivity index (χ4n) is 1.55. The molecule has 0 aromatic heterocycles. The first-order valence-electron chi connectivity index (χ1n) is 4.40. The molecule has 0 radical (unpaired) electrons. The third-order valence-electron chi connectivity index (χ3n) is 2.35. The number of hydrogen-bond acceptors (Lipinski definition) is 2. The molecular weight excluding hydrogens is 159 g/mol. The largest absolute Gasteiger partial charge is 0.397 e. The fourth-order valence-corrected chi connectivity index (χ4v) is 1.55. The second-order valence-electron chi connectivity index (χ2n) is 3.13. The SMILES string of the molecule is CCN1CCC(NC(=O)F)CC1. The predicted molar refractivity (Wildman–Crippen MR) is 44.8 cm³/mol. The summed E-state index contributed by atoms with van der Waals surface area (Å²) in [6.45, 7) is 5.06. The Kier molecular flexibility index (Phi) is 3.47. The van der Waals surface area contributed by atoms with E-state index in [1.807, 2.05) is 0 Å². The topological polar surface area (TPSA) is 32.3 Å². The number of amides is 1. The lowest BCUT2D eigenvalue weighted by molar-refractivity contribution is 0.188. The zero-order valence-electron chi connectivity index (χ0n) is 7.35. The number of halogens is 1. The lowest BCUT2D eigenvalue weighted by Gasteiger charge is -2.30. The normalized spacial score (nSPS) is 20.8. The molecule has 0 unspecified atom stereocenters. The van der Waals surface area contributed by atoms with E-state index in [4.69, 9.17) is 0 Å². The second kappa shape index (κ2) is 4.40. The molecule has 1 fully saturated rings. The molecule has 4 heteroatoms. The van der Waals surface area contributed by atoms with Crippen LogP contribution in [0.15, 0.2) is 0 Å². The molecule has 1 saturated heterocycles. The van der Waals surface area contributed by atoms with Gasteiger partial charge in [-0.25, -0.2) is 4.79 Å². The molecule has 0 atom stereocenters. The van der Waals surface area contributed by atoms with E-state index in [0.717, 1.165) is 32.5 Å². The van der Waals surface area contributed by atoms with Crippen LogP contribution in [0.5, 0.6) is 0 Å². The van der Waals surface area contributed by atoms with Gasteiger partial charge in [-0.05, 0) is 19.4 Å². The minimum Gasteiger partial charge on any atom is -0.325 e. The summed E-state index contributed by atoms with van der Waals surface area (Å²) in [7, 11) is 0. The van der Waals surface area contributed by atoms with Crippen molar-refractivity contribution >= 4 is 6.16 Å². The predicted octanol–water partition coefficient (Wildman–Crippen LogP) is 1.15. The Balaban J connectivity index is 2.21. The Bertz CT molecular complexity index is 155. The highest BCUT2D eigenvalue weighted by atomic mass is 19.1. The zero-order chi connectivity index (χ0) is 8.97. The molecule has 1 heterocycles. The van der Waals surface area contributed by atoms with E-state index in [1.54, 1.807) is 0 Å². The Morgan fingerprint density at radius 2 is 2.17 bits per heavy atom. The minimum atomic E-state index is -1.40. The van der Waals surface area contributed by atoms with Gasteiger partial charge in [0, 0.05) is 19.1 Å². The smallest absolute Gasteiger partial charge is 0.325 e. The average Bonchev–Trinajstić information content (AvgIpc) is 2.05. The summed E-state index contributed by atoms with van der Waals surface area (Å²) in [5.41, 5.74) is 0. The standard InChI is InChI=1S/C8H15FN2O/c1-2-11-5-3-7(4-6-11)10-8(9)12/h7H,2-6H2,1H3,(H,10,12). The minimum absolute atomic E-state index is 0.0466. The highest BCUT2D eigenvalue weighted by Gasteiger charge is 2.18. The Morgan fingerprint density at radius 1 is 1.58 bits per heavy atom. The summed E-state index contributed by atoms with van der Waals surface area (Å²) in [6, 6.07) is 0.0466. The van der Waals surface area contributed by atoms with Gasteiger partial charge in [0.2, 0.25) is 0 Å². The lowest BCUT2D eigenvalue weighted by Crippen LogP contribution is -2.43. The van der Waals surface area contributed by atoms with E-state index in [0.29, 0.717) is 0 Å². The molecule has 0 aromatic carbocycles. The first kappa shape index (κ1) is 9.45. The second-order valence-corrected chi connectivity index (χ2v) is 3.13. The van der Waals surface area contributed by atoms with Gasteiger partial charge in [0.05, 0.1) is 0 Å². The van der Waals surface area contributed by atoms with Crippen LogP contribution in [0.3, 0.4) is 0 Å². The van der Waals surface area contributed by atoms with Crippen molar-refractivity contribution < 1.29 is 9.18 Å². The third kappa shape index (κ3) is 2.77. The maximum Gasteiger partial charge on any atom is 0.397 e. The van der Waals surface area contributed by atoms with Crippen LogP contribution < -0.4 is 5.32 Å². The monoisotopic (exact) mass is 174 g/mol. The molecule has 1 N–H and O–H groups in total. The van der Waals surface area contributed by atoms with Crippen molar-refractivity contribution in [3.63, 3.8) is 0 Å². The van der Waals surface area contributed by atoms with E-state index in [1.165, 1.54) is 0 Å². The van der Waals surface area contributed by atoms with Crippen LogP contribution >= 0.6 is 0 Å². The summed E-state index contributed by atoms with van der Waals surface area (Å²) in [5, 5.41) is 2.29. The number of nitrogens with zero attached hydrogens (tertiary/aromatic N) is 1. The van der Waals surface area contributed by atoms with Crippen LogP contribution in [0.25, 0.3) is 0 Å². The van der Waals surface area contributed by atoms with Crippen LogP contribution in [0, 0.1) is 0 Å². The molecule has 0 aromatic rings. The van der Waals surface area contributed by atoms with E-state index in [2.05, 4.69) is 17.1 Å². The molecule has 12 heavy (non-hydrogen) atoms. The van der Waals surface area contributed by atoms with Gasteiger partial charge < -0.3 is 10.2 Å². The van der Waals surface area contributed by atoms with Gasteiger partial charge in [0.15, 0.2) is 0 Å². The van der Waals surface area contributed by atoms with Gasteiger partial charge in [0.1, 0.15) is 0 Å². The van der Waals surface area contributed by atoms with Crippen LogP contribution in [-0.4, -0.2) is 36.7 Å². The van der Waals surface area contributed by atoms with Crippen LogP contribution in [0.1, 0.15) is 19.8 Å². The summed E-state index contributed by atoms with van der Waals surface area (Å²) < 4.78 is 11.9. The number of likely N-dealkylation sites (tertiary alicyclic amines) is 1. The number of hydrogen-bond donors (Lipinski definition) is 1. The molecule has 0 spiro atoms. The van der Waals surface area contributed by atoms with Crippen LogP contribution in [0.4, 0.5) is 9.18 Å². The highest BCUT2D eigenvalue weighted by molar-refractivity contribution is 5.65. The lowest BCUT2D eigenvalue weighted by atomic mass is 10.1. The number of carbonyl (C=O) groups excluding carboxylic acids is 1. The van der Waals surface area contributed by atoms with Crippen LogP contribution in [-0.2, 0) is 0 Å². The molecule has 1 rings (SSSR count). The van der Waals surface area contributed by atoms with Crippen molar-refractivity contribution in [2.45, 2.75) is 25.8 Å². The first-order valence-corrected chi connectivity index (χ1v) is 4.40. The quantitative estimate of drug-likeness (QED) is 0.503. The van der Waals surface area contributed by atoms with Crippen molar-refractivity contribution in [2.24, 2.45) is 0 Å². The molecule has 0 aliphatic carbocycles. The molecule has 0 saturated carbocycles. The van der Waals surface area contributed by atoms with Gasteiger partial charge in [-0.15, -0.1) is 4.39 Å². The van der Waals surface area contributed by atoms with Gasteiger partial charge in [0.25, 0.3) is 0 Å². The number of nitrogens with one attached hydrogen (secondary N) is 1. The third-order valence-corrected chi connectivity index (χ3v) is 2.35. The Labute approximate surface area is 71.9 Å². The Morgan fingerprint density at radius 3 is 2.58 bits per heavy atom. The van der Waals surface area contributed by atoms with Crippen LogP contribution in [0.2, 0.25) is 0 Å². The molecular formula is C8H15FN2O. The summed E-state index contributed by atoms with van der Waals surface area (Å²) >= 11 is 0. The molecule has 0 bridgehead atoms. The van der Waals surface area contributed by atoms with Gasteiger partial charge in [-0.1, -0.05) is 6.92 Å². The zero-order valence-corrected chi connectivity index (χ0v) is 7.35. The molecule has 1 amide bonds.